The first-order valence-corrected chi connectivity index (χ1v) is 5.14. The second-order valence-electron chi connectivity index (χ2n) is 4.52. The number of hydrogen-bond acceptors (Lipinski definition) is 2. The van der Waals surface area contributed by atoms with Crippen molar-refractivity contribution in [2.45, 2.75) is 31.2 Å². The molecule has 0 radical (unpaired) electrons. The number of rotatable bonds is 2. The lowest BCUT2D eigenvalue weighted by Gasteiger charge is -2.35. The Bertz CT molecular complexity index is 155. The highest BCUT2D eigenvalue weighted by Gasteiger charge is 2.50. The fourth-order valence-electron chi connectivity index (χ4n) is 2.71. The molecule has 0 spiro atoms. The predicted molar refractivity (Wildman–Crippen MR) is 51.2 cm³/mol. The van der Waals surface area contributed by atoms with Crippen LogP contribution in [0.2, 0.25) is 0 Å². The lowest BCUT2D eigenvalue weighted by Crippen LogP contribution is -2.43. The summed E-state index contributed by atoms with van der Waals surface area (Å²) in [5.74, 6) is 0.966. The van der Waals surface area contributed by atoms with Crippen molar-refractivity contribution in [2.75, 3.05) is 27.2 Å². The van der Waals surface area contributed by atoms with Crippen LogP contribution < -0.4 is 5.32 Å². The first-order chi connectivity index (χ1) is 5.76. The summed E-state index contributed by atoms with van der Waals surface area (Å²) in [6.07, 6.45) is 5.64. The molecule has 1 saturated heterocycles. The van der Waals surface area contributed by atoms with Gasteiger partial charge < -0.3 is 10.2 Å². The Balaban J connectivity index is 1.97. The third-order valence-electron chi connectivity index (χ3n) is 3.75. The minimum atomic E-state index is 0.613. The van der Waals surface area contributed by atoms with E-state index in [-0.39, 0.29) is 0 Å². The Labute approximate surface area is 75.3 Å². The molecule has 2 heteroatoms. The maximum atomic E-state index is 3.43. The molecule has 1 N–H and O–H groups in total. The summed E-state index contributed by atoms with van der Waals surface area (Å²) < 4.78 is 0. The monoisotopic (exact) mass is 168 g/mol. The average molecular weight is 168 g/mol. The molecule has 2 fully saturated rings. The topological polar surface area (TPSA) is 15.3 Å². The van der Waals surface area contributed by atoms with Gasteiger partial charge in [0.15, 0.2) is 0 Å². The third-order valence-corrected chi connectivity index (χ3v) is 3.75. The first-order valence-electron chi connectivity index (χ1n) is 5.14. The number of hydrogen-bond donors (Lipinski definition) is 1. The molecule has 1 saturated carbocycles. The van der Waals surface area contributed by atoms with Crippen molar-refractivity contribution < 1.29 is 0 Å². The van der Waals surface area contributed by atoms with Crippen molar-refractivity contribution in [2.24, 2.45) is 5.92 Å². The normalized spacial score (nSPS) is 29.2. The molecule has 1 heterocycles. The minimum absolute atomic E-state index is 0.613. The highest BCUT2D eigenvalue weighted by Crippen LogP contribution is 2.49. The van der Waals surface area contributed by atoms with E-state index in [2.05, 4.69) is 24.3 Å². The van der Waals surface area contributed by atoms with Crippen LogP contribution in [0, 0.1) is 5.92 Å². The van der Waals surface area contributed by atoms with Gasteiger partial charge in [0.1, 0.15) is 0 Å². The molecule has 2 aliphatic rings. The van der Waals surface area contributed by atoms with E-state index in [9.17, 15) is 0 Å². The fraction of sp³-hybridized carbons (Fsp3) is 1.00. The third kappa shape index (κ3) is 1.27. The summed E-state index contributed by atoms with van der Waals surface area (Å²) in [5.41, 5.74) is 0.613. The van der Waals surface area contributed by atoms with Gasteiger partial charge in [-0.15, -0.1) is 0 Å². The van der Waals surface area contributed by atoms with Gasteiger partial charge >= 0.3 is 0 Å². The van der Waals surface area contributed by atoms with Gasteiger partial charge in [-0.25, -0.2) is 0 Å². The number of piperidine rings is 1. The smallest absolute Gasteiger partial charge is 0.0234 e. The molecule has 0 aromatic carbocycles. The van der Waals surface area contributed by atoms with E-state index >= 15 is 0 Å². The number of nitrogens with zero attached hydrogens (tertiary/aromatic N) is 1. The van der Waals surface area contributed by atoms with Crippen LogP contribution in [0.5, 0.6) is 0 Å². The first kappa shape index (κ1) is 8.52. The van der Waals surface area contributed by atoms with Gasteiger partial charge in [-0.2, -0.15) is 0 Å². The molecule has 0 unspecified atom stereocenters. The van der Waals surface area contributed by atoms with Crippen molar-refractivity contribution in [3.63, 3.8) is 0 Å². The average Bonchev–Trinajstić information content (AvgIpc) is 2.86. The summed E-state index contributed by atoms with van der Waals surface area (Å²) >= 11 is 0. The molecule has 0 atom stereocenters. The van der Waals surface area contributed by atoms with Crippen LogP contribution in [0.3, 0.4) is 0 Å². The van der Waals surface area contributed by atoms with Gasteiger partial charge in [0.2, 0.25) is 0 Å². The van der Waals surface area contributed by atoms with Crippen molar-refractivity contribution in [1.29, 1.82) is 0 Å². The van der Waals surface area contributed by atoms with Crippen LogP contribution in [0.25, 0.3) is 0 Å². The van der Waals surface area contributed by atoms with Crippen LogP contribution in [0.15, 0.2) is 0 Å². The molecule has 0 amide bonds. The fourth-order valence-corrected chi connectivity index (χ4v) is 2.71. The predicted octanol–water partition coefficient (Wildman–Crippen LogP) is 1.08. The molecule has 2 rings (SSSR count). The van der Waals surface area contributed by atoms with Crippen molar-refractivity contribution >= 4 is 0 Å². The Hall–Kier alpha value is -0.0800. The van der Waals surface area contributed by atoms with Gasteiger partial charge in [0, 0.05) is 5.54 Å². The highest BCUT2D eigenvalue weighted by atomic mass is 15.2. The maximum absolute atomic E-state index is 3.43. The lowest BCUT2D eigenvalue weighted by atomic mass is 9.87. The zero-order chi connectivity index (χ0) is 8.60. The molecular formula is C10H20N2. The molecule has 0 aromatic heterocycles. The van der Waals surface area contributed by atoms with Gasteiger partial charge in [0.05, 0.1) is 0 Å². The minimum Gasteiger partial charge on any atom is -0.317 e. The van der Waals surface area contributed by atoms with Crippen LogP contribution in [-0.4, -0.2) is 37.6 Å². The molecule has 0 bridgehead atoms. The van der Waals surface area contributed by atoms with Crippen LogP contribution in [0.4, 0.5) is 0 Å². The standard InChI is InChI=1S/C10H20N2/c1-12(2)10(5-6-10)9-3-7-11-8-4-9/h9,11H,3-8H2,1-2H3. The van der Waals surface area contributed by atoms with Crippen LogP contribution in [-0.2, 0) is 0 Å². The second-order valence-corrected chi connectivity index (χ2v) is 4.52. The maximum Gasteiger partial charge on any atom is 0.0234 e. The van der Waals surface area contributed by atoms with Gasteiger partial charge in [-0.05, 0) is 58.8 Å². The second kappa shape index (κ2) is 3.00. The number of nitrogens with one attached hydrogen (secondary N) is 1. The molecule has 70 valence electrons. The summed E-state index contributed by atoms with van der Waals surface area (Å²) in [5, 5.41) is 3.43. The van der Waals surface area contributed by atoms with Crippen LogP contribution >= 0.6 is 0 Å². The summed E-state index contributed by atoms with van der Waals surface area (Å²) in [4.78, 5) is 2.46. The molecule has 1 aliphatic heterocycles. The van der Waals surface area contributed by atoms with E-state index in [1.165, 1.54) is 38.8 Å². The zero-order valence-electron chi connectivity index (χ0n) is 8.27. The molecule has 0 aromatic rings. The molecule has 12 heavy (non-hydrogen) atoms. The van der Waals surface area contributed by atoms with E-state index in [1.54, 1.807) is 0 Å². The Kier molecular flexibility index (Phi) is 2.13. The lowest BCUT2D eigenvalue weighted by molar-refractivity contribution is 0.154. The molecule has 2 nitrogen and oxygen atoms in total. The largest absolute Gasteiger partial charge is 0.317 e. The molecular weight excluding hydrogens is 148 g/mol. The van der Waals surface area contributed by atoms with Gasteiger partial charge in [0.25, 0.3) is 0 Å². The highest BCUT2D eigenvalue weighted by molar-refractivity contribution is 5.07. The van der Waals surface area contributed by atoms with E-state index in [0.717, 1.165) is 5.92 Å². The SMILES string of the molecule is CN(C)C1(C2CCNCC2)CC1. The van der Waals surface area contributed by atoms with E-state index in [1.807, 2.05) is 0 Å². The van der Waals surface area contributed by atoms with E-state index < -0.39 is 0 Å². The summed E-state index contributed by atoms with van der Waals surface area (Å²) in [6, 6.07) is 0. The van der Waals surface area contributed by atoms with Crippen molar-refractivity contribution in [3.8, 4) is 0 Å². The van der Waals surface area contributed by atoms with Crippen LogP contribution in [0.1, 0.15) is 25.7 Å². The Morgan fingerprint density at radius 1 is 1.17 bits per heavy atom. The molecule has 1 aliphatic carbocycles. The summed E-state index contributed by atoms with van der Waals surface area (Å²) in [7, 11) is 4.49. The zero-order valence-corrected chi connectivity index (χ0v) is 8.27. The summed E-state index contributed by atoms with van der Waals surface area (Å²) in [6.45, 7) is 2.47. The van der Waals surface area contributed by atoms with E-state index in [0.29, 0.717) is 5.54 Å². The quantitative estimate of drug-likeness (QED) is 0.664. The van der Waals surface area contributed by atoms with E-state index in [4.69, 9.17) is 0 Å². The van der Waals surface area contributed by atoms with Gasteiger partial charge in [-0.1, -0.05) is 0 Å². The Morgan fingerprint density at radius 2 is 1.75 bits per heavy atom. The Morgan fingerprint density at radius 3 is 2.17 bits per heavy atom. The van der Waals surface area contributed by atoms with Gasteiger partial charge in [-0.3, -0.25) is 0 Å². The van der Waals surface area contributed by atoms with Crippen molar-refractivity contribution in [3.05, 3.63) is 0 Å². The van der Waals surface area contributed by atoms with Crippen molar-refractivity contribution in [1.82, 2.24) is 10.2 Å².